The third kappa shape index (κ3) is 3.86. The van der Waals surface area contributed by atoms with Gasteiger partial charge >= 0.3 is 0 Å². The van der Waals surface area contributed by atoms with Gasteiger partial charge < -0.3 is 21.0 Å². The molecule has 1 aromatic rings. The summed E-state index contributed by atoms with van der Waals surface area (Å²) in [5.74, 6) is 0.191. The van der Waals surface area contributed by atoms with Crippen LogP contribution in [0.3, 0.4) is 0 Å². The predicted octanol–water partition coefficient (Wildman–Crippen LogP) is 1.96. The van der Waals surface area contributed by atoms with E-state index >= 15 is 0 Å². The number of nitrogens with one attached hydrogen (secondary N) is 1. The fourth-order valence-corrected chi connectivity index (χ4v) is 2.10. The van der Waals surface area contributed by atoms with E-state index < -0.39 is 6.04 Å². The number of hydrogen-bond donors (Lipinski definition) is 3. The molecule has 1 rings (SSSR count). The molecule has 0 fully saturated rings. The van der Waals surface area contributed by atoms with E-state index in [1.807, 2.05) is 13.8 Å². The zero-order chi connectivity index (χ0) is 15.3. The Bertz CT molecular complexity index is 518. The average molecular weight is 344 g/mol. The molecule has 0 heterocycles. The van der Waals surface area contributed by atoms with Crippen molar-refractivity contribution in [3.63, 3.8) is 0 Å². The number of nitrogens with two attached hydrogens (primary N) is 1. The molecule has 1 amide bonds. The van der Waals surface area contributed by atoms with Crippen LogP contribution in [0.1, 0.15) is 24.2 Å². The highest BCUT2D eigenvalue weighted by molar-refractivity contribution is 9.10. The van der Waals surface area contributed by atoms with Gasteiger partial charge in [-0.25, -0.2) is 0 Å². The molecule has 110 valence electrons. The minimum Gasteiger partial charge on any atom is -0.497 e. The lowest BCUT2D eigenvalue weighted by Crippen LogP contribution is -2.47. The monoisotopic (exact) mass is 343 g/mol. The summed E-state index contributed by atoms with van der Waals surface area (Å²) in [4.78, 5) is 12.3. The van der Waals surface area contributed by atoms with E-state index in [9.17, 15) is 4.79 Å². The van der Waals surface area contributed by atoms with Crippen LogP contribution in [0, 0.1) is 5.92 Å². The molecule has 1 atom stereocenters. The lowest BCUT2D eigenvalue weighted by molar-refractivity contribution is 0.0937. The molecule has 0 saturated heterocycles. The number of benzene rings is 1. The predicted molar refractivity (Wildman–Crippen MR) is 80.2 cm³/mol. The lowest BCUT2D eigenvalue weighted by Gasteiger charge is -2.21. The quantitative estimate of drug-likeness (QED) is 0.329. The number of nitrogens with zero attached hydrogens (tertiary/aromatic N) is 1. The van der Waals surface area contributed by atoms with Crippen LogP contribution in [0.25, 0.3) is 0 Å². The van der Waals surface area contributed by atoms with Gasteiger partial charge in [0.25, 0.3) is 5.91 Å². The maximum atomic E-state index is 12.3. The maximum absolute atomic E-state index is 12.3. The van der Waals surface area contributed by atoms with E-state index in [0.717, 1.165) is 0 Å². The first kappa shape index (κ1) is 16.3. The van der Waals surface area contributed by atoms with Crippen molar-refractivity contribution in [2.24, 2.45) is 16.8 Å². The second-order valence-electron chi connectivity index (χ2n) is 4.57. The summed E-state index contributed by atoms with van der Waals surface area (Å²) in [7, 11) is 1.53. The normalized spacial score (nSPS) is 13.2. The molecule has 0 bridgehead atoms. The molecular formula is C13H18BrN3O3. The fourth-order valence-electron chi connectivity index (χ4n) is 1.67. The summed E-state index contributed by atoms with van der Waals surface area (Å²) in [5.41, 5.74) is 6.00. The number of amidine groups is 1. The molecule has 0 radical (unpaired) electrons. The summed E-state index contributed by atoms with van der Waals surface area (Å²) in [5, 5.41) is 14.4. The van der Waals surface area contributed by atoms with Gasteiger partial charge in [0.1, 0.15) is 5.75 Å². The Balaban J connectivity index is 3.00. The van der Waals surface area contributed by atoms with E-state index in [2.05, 4.69) is 26.4 Å². The Morgan fingerprint density at radius 2 is 2.15 bits per heavy atom. The van der Waals surface area contributed by atoms with Crippen LogP contribution < -0.4 is 15.8 Å². The molecule has 0 aliphatic heterocycles. The molecule has 7 heteroatoms. The fraction of sp³-hybridized carbons (Fsp3) is 0.385. The Kier molecular flexibility index (Phi) is 5.82. The van der Waals surface area contributed by atoms with Gasteiger partial charge in [-0.1, -0.05) is 19.0 Å². The van der Waals surface area contributed by atoms with Gasteiger partial charge in [-0.15, -0.1) is 0 Å². The van der Waals surface area contributed by atoms with Crippen LogP contribution in [-0.4, -0.2) is 30.1 Å². The van der Waals surface area contributed by atoms with E-state index in [0.29, 0.717) is 15.8 Å². The van der Waals surface area contributed by atoms with E-state index in [-0.39, 0.29) is 17.7 Å². The number of carbonyl (C=O) groups excluding carboxylic acids is 1. The van der Waals surface area contributed by atoms with Crippen LogP contribution in [0.2, 0.25) is 0 Å². The van der Waals surface area contributed by atoms with Gasteiger partial charge in [0, 0.05) is 4.47 Å². The second kappa shape index (κ2) is 7.14. The third-order valence-electron chi connectivity index (χ3n) is 2.81. The number of methoxy groups -OCH3 is 1. The zero-order valence-corrected chi connectivity index (χ0v) is 13.1. The van der Waals surface area contributed by atoms with E-state index in [4.69, 9.17) is 15.7 Å². The number of carbonyl (C=O) groups is 1. The summed E-state index contributed by atoms with van der Waals surface area (Å²) in [6, 6.07) is 4.53. The largest absolute Gasteiger partial charge is 0.497 e. The number of oxime groups is 1. The molecule has 0 aliphatic carbocycles. The van der Waals surface area contributed by atoms with Crippen molar-refractivity contribution in [2.75, 3.05) is 7.11 Å². The van der Waals surface area contributed by atoms with Crippen molar-refractivity contribution >= 4 is 27.7 Å². The Morgan fingerprint density at radius 1 is 1.50 bits per heavy atom. The van der Waals surface area contributed by atoms with Crippen LogP contribution >= 0.6 is 15.9 Å². The van der Waals surface area contributed by atoms with Crippen molar-refractivity contribution in [2.45, 2.75) is 19.9 Å². The highest BCUT2D eigenvalue weighted by atomic mass is 79.9. The van der Waals surface area contributed by atoms with Crippen molar-refractivity contribution in [1.82, 2.24) is 5.32 Å². The standard InChI is InChI=1S/C13H18BrN3O3/c1-7(2)11(12(15)17-19)16-13(18)9-6-8(20-3)4-5-10(9)14/h4-7,11,19H,1-3H3,(H2,15,17)(H,16,18). The minimum atomic E-state index is -0.550. The van der Waals surface area contributed by atoms with Gasteiger partial charge in [0.2, 0.25) is 0 Å². The molecule has 6 nitrogen and oxygen atoms in total. The van der Waals surface area contributed by atoms with Crippen molar-refractivity contribution in [3.05, 3.63) is 28.2 Å². The van der Waals surface area contributed by atoms with Crippen molar-refractivity contribution < 1.29 is 14.7 Å². The van der Waals surface area contributed by atoms with Gasteiger partial charge in [-0.2, -0.15) is 0 Å². The molecule has 0 aromatic heterocycles. The van der Waals surface area contributed by atoms with E-state index in [1.165, 1.54) is 7.11 Å². The Hall–Kier alpha value is -1.76. The van der Waals surface area contributed by atoms with Crippen LogP contribution in [0.15, 0.2) is 27.8 Å². The van der Waals surface area contributed by atoms with Gasteiger partial charge in [-0.3, -0.25) is 4.79 Å². The highest BCUT2D eigenvalue weighted by Crippen LogP contribution is 2.22. The molecule has 4 N–H and O–H groups in total. The number of halogens is 1. The van der Waals surface area contributed by atoms with Gasteiger partial charge in [0.15, 0.2) is 5.84 Å². The summed E-state index contributed by atoms with van der Waals surface area (Å²) in [6.45, 7) is 3.73. The van der Waals surface area contributed by atoms with Crippen LogP contribution in [0.4, 0.5) is 0 Å². The molecule has 0 aliphatic rings. The van der Waals surface area contributed by atoms with Crippen LogP contribution in [-0.2, 0) is 0 Å². The Morgan fingerprint density at radius 3 is 2.65 bits per heavy atom. The summed E-state index contributed by atoms with van der Waals surface area (Å²) in [6.07, 6.45) is 0. The third-order valence-corrected chi connectivity index (χ3v) is 3.50. The second-order valence-corrected chi connectivity index (χ2v) is 5.42. The van der Waals surface area contributed by atoms with Crippen molar-refractivity contribution in [1.29, 1.82) is 0 Å². The SMILES string of the molecule is COc1ccc(Br)c(C(=O)NC(C(N)=NO)C(C)C)c1. The topological polar surface area (TPSA) is 96.9 Å². The lowest BCUT2D eigenvalue weighted by atomic mass is 10.0. The number of hydrogen-bond acceptors (Lipinski definition) is 4. The zero-order valence-electron chi connectivity index (χ0n) is 11.6. The Labute approximate surface area is 126 Å². The number of amides is 1. The summed E-state index contributed by atoms with van der Waals surface area (Å²) >= 11 is 3.31. The first-order valence-corrected chi connectivity index (χ1v) is 6.81. The molecular weight excluding hydrogens is 326 g/mol. The molecule has 1 unspecified atom stereocenters. The first-order valence-electron chi connectivity index (χ1n) is 6.02. The first-order chi connectivity index (χ1) is 9.40. The smallest absolute Gasteiger partial charge is 0.253 e. The molecule has 0 spiro atoms. The maximum Gasteiger partial charge on any atom is 0.253 e. The van der Waals surface area contributed by atoms with Gasteiger partial charge in [0.05, 0.1) is 18.7 Å². The highest BCUT2D eigenvalue weighted by Gasteiger charge is 2.22. The molecule has 1 aromatic carbocycles. The molecule has 20 heavy (non-hydrogen) atoms. The molecule has 0 saturated carbocycles. The number of rotatable bonds is 5. The number of ether oxygens (including phenoxy) is 1. The van der Waals surface area contributed by atoms with Crippen molar-refractivity contribution in [3.8, 4) is 5.75 Å². The average Bonchev–Trinajstić information content (AvgIpc) is 2.43. The van der Waals surface area contributed by atoms with Gasteiger partial charge in [-0.05, 0) is 40.0 Å². The minimum absolute atomic E-state index is 0.0146. The van der Waals surface area contributed by atoms with Crippen LogP contribution in [0.5, 0.6) is 5.75 Å². The van der Waals surface area contributed by atoms with E-state index in [1.54, 1.807) is 18.2 Å². The summed E-state index contributed by atoms with van der Waals surface area (Å²) < 4.78 is 5.73.